The molecule has 2 saturated heterocycles. The molecule has 2 aliphatic rings. The van der Waals surface area contributed by atoms with E-state index in [2.05, 4.69) is 0 Å². The number of nitrogens with zero attached hydrogens (tertiary/aromatic N) is 2. The SMILES string of the molecule is CC(=O)c1ccc(C(=O)N2C[C@H]3CCN(C)C[C@@]3(C(=O)O)C2)s1. The number of fused-ring (bicyclic) bond motifs is 1. The van der Waals surface area contributed by atoms with Crippen LogP contribution in [0, 0.1) is 11.3 Å². The Hall–Kier alpha value is -1.73. The van der Waals surface area contributed by atoms with E-state index in [0.717, 1.165) is 13.0 Å². The van der Waals surface area contributed by atoms with Crippen LogP contribution >= 0.6 is 11.3 Å². The second kappa shape index (κ2) is 5.72. The summed E-state index contributed by atoms with van der Waals surface area (Å²) in [5.41, 5.74) is -0.872. The molecule has 3 heterocycles. The quantitative estimate of drug-likeness (QED) is 0.845. The number of piperidine rings is 1. The highest BCUT2D eigenvalue weighted by molar-refractivity contribution is 7.15. The number of thiophene rings is 1. The molecular formula is C16H20N2O4S. The van der Waals surface area contributed by atoms with Gasteiger partial charge in [0.2, 0.25) is 0 Å². The summed E-state index contributed by atoms with van der Waals surface area (Å²) in [6.45, 7) is 3.52. The number of amides is 1. The molecular weight excluding hydrogens is 316 g/mol. The summed E-state index contributed by atoms with van der Waals surface area (Å²) in [5.74, 6) is -1.06. The van der Waals surface area contributed by atoms with Gasteiger partial charge in [0.15, 0.2) is 5.78 Å². The van der Waals surface area contributed by atoms with Crippen LogP contribution in [-0.2, 0) is 4.79 Å². The van der Waals surface area contributed by atoms with E-state index in [1.54, 1.807) is 17.0 Å². The van der Waals surface area contributed by atoms with Crippen molar-refractivity contribution in [3.8, 4) is 0 Å². The van der Waals surface area contributed by atoms with Crippen LogP contribution in [0.25, 0.3) is 0 Å². The Balaban J connectivity index is 1.83. The summed E-state index contributed by atoms with van der Waals surface area (Å²) in [4.78, 5) is 40.7. The van der Waals surface area contributed by atoms with Crippen molar-refractivity contribution in [2.24, 2.45) is 11.3 Å². The highest BCUT2D eigenvalue weighted by atomic mass is 32.1. The van der Waals surface area contributed by atoms with Crippen molar-refractivity contribution >= 4 is 29.0 Å². The average molecular weight is 336 g/mol. The lowest BCUT2D eigenvalue weighted by Crippen LogP contribution is -2.52. The molecule has 0 bridgehead atoms. The molecule has 6 nitrogen and oxygen atoms in total. The molecule has 2 aliphatic heterocycles. The predicted octanol–water partition coefficient (Wildman–Crippen LogP) is 1.43. The number of ketones is 1. The zero-order chi connectivity index (χ0) is 16.8. The van der Waals surface area contributed by atoms with Crippen LogP contribution < -0.4 is 0 Å². The van der Waals surface area contributed by atoms with E-state index in [0.29, 0.717) is 22.8 Å². The molecule has 1 aromatic rings. The lowest BCUT2D eigenvalue weighted by Gasteiger charge is -2.39. The molecule has 1 N–H and O–H groups in total. The monoisotopic (exact) mass is 336 g/mol. The van der Waals surface area contributed by atoms with Crippen LogP contribution in [0.15, 0.2) is 12.1 Å². The number of likely N-dealkylation sites (tertiary alicyclic amines) is 2. The lowest BCUT2D eigenvalue weighted by molar-refractivity contribution is -0.153. The Morgan fingerprint density at radius 3 is 2.57 bits per heavy atom. The Labute approximate surface area is 138 Å². The van der Waals surface area contributed by atoms with Gasteiger partial charge in [-0.3, -0.25) is 14.4 Å². The molecule has 0 saturated carbocycles. The van der Waals surface area contributed by atoms with E-state index in [4.69, 9.17) is 0 Å². The van der Waals surface area contributed by atoms with Crippen molar-refractivity contribution in [2.45, 2.75) is 13.3 Å². The van der Waals surface area contributed by atoms with Crippen LogP contribution in [-0.4, -0.2) is 65.8 Å². The fraction of sp³-hybridized carbons (Fsp3) is 0.562. The molecule has 7 heteroatoms. The molecule has 0 aliphatic carbocycles. The van der Waals surface area contributed by atoms with Gasteiger partial charge in [0.25, 0.3) is 5.91 Å². The van der Waals surface area contributed by atoms with Gasteiger partial charge >= 0.3 is 5.97 Å². The van der Waals surface area contributed by atoms with Crippen LogP contribution in [0.1, 0.15) is 32.7 Å². The summed E-state index contributed by atoms with van der Waals surface area (Å²) < 4.78 is 0. The minimum absolute atomic E-state index is 0.00705. The minimum atomic E-state index is -0.872. The van der Waals surface area contributed by atoms with Gasteiger partial charge in [-0.2, -0.15) is 0 Å². The first-order chi connectivity index (χ1) is 10.8. The number of aliphatic carboxylic acids is 1. The molecule has 2 fully saturated rings. The minimum Gasteiger partial charge on any atom is -0.481 e. The number of carboxylic acid groups (broad SMARTS) is 1. The highest BCUT2D eigenvalue weighted by Crippen LogP contribution is 2.42. The molecule has 2 atom stereocenters. The highest BCUT2D eigenvalue weighted by Gasteiger charge is 2.55. The number of carbonyl (C=O) groups excluding carboxylic acids is 2. The van der Waals surface area contributed by atoms with E-state index in [-0.39, 0.29) is 24.2 Å². The third-order valence-electron chi connectivity index (χ3n) is 4.98. The number of carboxylic acids is 1. The third kappa shape index (κ3) is 2.68. The van der Waals surface area contributed by atoms with Crippen molar-refractivity contribution < 1.29 is 19.5 Å². The van der Waals surface area contributed by atoms with Gasteiger partial charge in [-0.05, 0) is 45.0 Å². The summed E-state index contributed by atoms with van der Waals surface area (Å²) in [6, 6.07) is 3.31. The Kier molecular flexibility index (Phi) is 4.01. The Morgan fingerprint density at radius 1 is 1.26 bits per heavy atom. The van der Waals surface area contributed by atoms with Crippen molar-refractivity contribution in [1.82, 2.24) is 9.80 Å². The average Bonchev–Trinajstić information content (AvgIpc) is 3.11. The molecule has 1 amide bonds. The fourth-order valence-corrected chi connectivity index (χ4v) is 4.59. The largest absolute Gasteiger partial charge is 0.481 e. The van der Waals surface area contributed by atoms with Gasteiger partial charge in [0, 0.05) is 19.6 Å². The van der Waals surface area contributed by atoms with E-state index in [1.165, 1.54) is 18.3 Å². The first-order valence-electron chi connectivity index (χ1n) is 7.65. The van der Waals surface area contributed by atoms with Crippen molar-refractivity contribution in [3.63, 3.8) is 0 Å². The summed E-state index contributed by atoms with van der Waals surface area (Å²) in [5, 5.41) is 9.76. The lowest BCUT2D eigenvalue weighted by atomic mass is 9.73. The zero-order valence-corrected chi connectivity index (χ0v) is 14.1. The fourth-order valence-electron chi connectivity index (χ4n) is 3.72. The van der Waals surface area contributed by atoms with Gasteiger partial charge in [0.1, 0.15) is 5.41 Å². The van der Waals surface area contributed by atoms with Gasteiger partial charge < -0.3 is 14.9 Å². The molecule has 0 unspecified atom stereocenters. The third-order valence-corrected chi connectivity index (χ3v) is 6.16. The maximum atomic E-state index is 12.7. The number of Topliss-reactive ketones (excluding diaryl/α,β-unsaturated/α-hetero) is 1. The van der Waals surface area contributed by atoms with Crippen LogP contribution in [0.5, 0.6) is 0 Å². The molecule has 1 aromatic heterocycles. The topological polar surface area (TPSA) is 77.9 Å². The number of rotatable bonds is 3. The Bertz CT molecular complexity index is 671. The molecule has 3 rings (SSSR count). The number of carbonyl (C=O) groups is 3. The summed E-state index contributed by atoms with van der Waals surface area (Å²) in [7, 11) is 1.92. The van der Waals surface area contributed by atoms with Gasteiger partial charge in [-0.15, -0.1) is 11.3 Å². The van der Waals surface area contributed by atoms with E-state index in [1.807, 2.05) is 11.9 Å². The predicted molar refractivity (Wildman–Crippen MR) is 85.9 cm³/mol. The molecule has 0 aromatic carbocycles. The second-order valence-corrected chi connectivity index (χ2v) is 7.67. The molecule has 23 heavy (non-hydrogen) atoms. The normalized spacial score (nSPS) is 27.7. The second-order valence-electron chi connectivity index (χ2n) is 6.59. The molecule has 0 spiro atoms. The van der Waals surface area contributed by atoms with Crippen molar-refractivity contribution in [2.75, 3.05) is 33.2 Å². The van der Waals surface area contributed by atoms with E-state index in [9.17, 15) is 19.5 Å². The zero-order valence-electron chi connectivity index (χ0n) is 13.2. The van der Waals surface area contributed by atoms with E-state index >= 15 is 0 Å². The first-order valence-corrected chi connectivity index (χ1v) is 8.47. The van der Waals surface area contributed by atoms with Crippen LogP contribution in [0.2, 0.25) is 0 Å². The van der Waals surface area contributed by atoms with Crippen molar-refractivity contribution in [1.29, 1.82) is 0 Å². The molecule has 0 radical (unpaired) electrons. The summed E-state index contributed by atoms with van der Waals surface area (Å²) >= 11 is 1.18. The number of hydrogen-bond donors (Lipinski definition) is 1. The summed E-state index contributed by atoms with van der Waals surface area (Å²) in [6.07, 6.45) is 0.787. The van der Waals surface area contributed by atoms with Gasteiger partial charge in [-0.1, -0.05) is 0 Å². The van der Waals surface area contributed by atoms with E-state index < -0.39 is 11.4 Å². The van der Waals surface area contributed by atoms with Crippen LogP contribution in [0.4, 0.5) is 0 Å². The van der Waals surface area contributed by atoms with Crippen LogP contribution in [0.3, 0.4) is 0 Å². The number of hydrogen-bond acceptors (Lipinski definition) is 5. The smallest absolute Gasteiger partial charge is 0.313 e. The molecule has 124 valence electrons. The van der Waals surface area contributed by atoms with Crippen molar-refractivity contribution in [3.05, 3.63) is 21.9 Å². The maximum Gasteiger partial charge on any atom is 0.313 e. The first kappa shape index (κ1) is 16.1. The van der Waals surface area contributed by atoms with Gasteiger partial charge in [0.05, 0.1) is 9.75 Å². The van der Waals surface area contributed by atoms with Gasteiger partial charge in [-0.25, -0.2) is 0 Å². The standard InChI is InChI=1S/C16H20N2O4S/c1-10(19)12-3-4-13(23-12)14(20)18-7-11-5-6-17(2)8-16(11,9-18)15(21)22/h3-4,11H,5-9H2,1-2H3,(H,21,22)/t11-,16-/m1/s1. The Morgan fingerprint density at radius 2 is 1.96 bits per heavy atom. The maximum absolute atomic E-state index is 12.7.